The maximum Gasteiger partial charge on any atom is 0.326 e. The number of halogens is 4. The van der Waals surface area contributed by atoms with Crippen LogP contribution in [0.5, 0.6) is 0 Å². The highest BCUT2D eigenvalue weighted by Gasteiger charge is 2.32. The Morgan fingerprint density at radius 1 is 0.957 bits per heavy atom. The van der Waals surface area contributed by atoms with E-state index >= 15 is 0 Å². The number of nitrogens with two attached hydrogens (primary N) is 1. The average Bonchev–Trinajstić information content (AvgIpc) is 3.37. The number of pyridine rings is 1. The standard InChI is InChI=1S/C31H32Br2Cl2N8O3/c32-21-13-18(14-22(33)28(21)36)15-26(29(44)41-11-9-40(10-12-41)19-1-5-37-6-2-19)39-30(45)42-7-3-20(4-8-42)43-27-17-24(35)23(34)16-25(27)38-31(43)46/h1-2,5-6,13-14,16-17,20,26H,3-4,7-12,15,36H2,(H,38,46)(H,39,45)/t26-/m1/s1. The van der Waals surface area contributed by atoms with Crippen molar-refractivity contribution in [3.05, 3.63) is 83.8 Å². The normalized spacial score (nSPS) is 16.6. The number of piperidine rings is 1. The summed E-state index contributed by atoms with van der Waals surface area (Å²) in [6.07, 6.45) is 4.93. The third-order valence-corrected chi connectivity index (χ3v) is 10.7. The van der Waals surface area contributed by atoms with Gasteiger partial charge in [0.25, 0.3) is 0 Å². The molecule has 4 N–H and O–H groups in total. The maximum absolute atomic E-state index is 14.0. The van der Waals surface area contributed by atoms with Gasteiger partial charge in [-0.25, -0.2) is 9.59 Å². The van der Waals surface area contributed by atoms with Gasteiger partial charge in [-0.15, -0.1) is 0 Å². The van der Waals surface area contributed by atoms with E-state index in [4.69, 9.17) is 28.9 Å². The van der Waals surface area contributed by atoms with Crippen molar-refractivity contribution in [2.45, 2.75) is 31.3 Å². The smallest absolute Gasteiger partial charge is 0.326 e. The molecule has 0 saturated carbocycles. The van der Waals surface area contributed by atoms with E-state index < -0.39 is 6.04 Å². The van der Waals surface area contributed by atoms with Crippen molar-refractivity contribution in [2.24, 2.45) is 0 Å². The number of H-pyrrole nitrogens is 1. The lowest BCUT2D eigenvalue weighted by Crippen LogP contribution is -2.57. The number of nitrogens with one attached hydrogen (secondary N) is 2. The first-order chi connectivity index (χ1) is 22.1. The van der Waals surface area contributed by atoms with Crippen LogP contribution in [0.3, 0.4) is 0 Å². The molecule has 0 bridgehead atoms. The molecule has 2 aliphatic rings. The van der Waals surface area contributed by atoms with Gasteiger partial charge in [0.15, 0.2) is 0 Å². The summed E-state index contributed by atoms with van der Waals surface area (Å²) in [7, 11) is 0. The zero-order valence-corrected chi connectivity index (χ0v) is 29.4. The summed E-state index contributed by atoms with van der Waals surface area (Å²) in [6.45, 7) is 3.25. The summed E-state index contributed by atoms with van der Waals surface area (Å²) in [5.74, 6) is -0.137. The van der Waals surface area contributed by atoms with Crippen molar-refractivity contribution in [2.75, 3.05) is 49.9 Å². The molecular weight excluding hydrogens is 763 g/mol. The molecule has 0 radical (unpaired) electrons. The number of imidazole rings is 1. The number of benzene rings is 2. The van der Waals surface area contributed by atoms with E-state index in [1.165, 1.54) is 0 Å². The maximum atomic E-state index is 14.0. The van der Waals surface area contributed by atoms with Crippen molar-refractivity contribution in [1.29, 1.82) is 0 Å². The summed E-state index contributed by atoms with van der Waals surface area (Å²) in [5.41, 5.74) is 9.63. The average molecular weight is 795 g/mol. The van der Waals surface area contributed by atoms with Crippen LogP contribution < -0.4 is 21.6 Å². The number of carbonyl (C=O) groups is 2. The van der Waals surface area contributed by atoms with Gasteiger partial charge in [0.1, 0.15) is 6.04 Å². The van der Waals surface area contributed by atoms with Gasteiger partial charge in [-0.1, -0.05) is 23.2 Å². The largest absolute Gasteiger partial charge is 0.397 e. The Morgan fingerprint density at radius 2 is 1.59 bits per heavy atom. The number of nitrogen functional groups attached to an aromatic ring is 1. The van der Waals surface area contributed by atoms with Gasteiger partial charge >= 0.3 is 11.7 Å². The Balaban J connectivity index is 1.15. The number of likely N-dealkylation sites (tertiary alicyclic amines) is 1. The number of fused-ring (bicyclic) bond motifs is 1. The van der Waals surface area contributed by atoms with E-state index in [9.17, 15) is 14.4 Å². The van der Waals surface area contributed by atoms with Crippen molar-refractivity contribution in [3.8, 4) is 0 Å². The second-order valence-corrected chi connectivity index (χ2v) is 14.0. The highest BCUT2D eigenvalue weighted by molar-refractivity contribution is 9.11. The fourth-order valence-electron chi connectivity index (χ4n) is 6.20. The number of piperazine rings is 1. The molecule has 11 nitrogen and oxygen atoms in total. The van der Waals surface area contributed by atoms with Gasteiger partial charge in [-0.3, -0.25) is 14.3 Å². The van der Waals surface area contributed by atoms with Gasteiger partial charge in [-0.2, -0.15) is 0 Å². The Bertz CT molecular complexity index is 1800. The Kier molecular flexibility index (Phi) is 9.83. The van der Waals surface area contributed by atoms with Gasteiger partial charge in [0.05, 0.1) is 26.8 Å². The number of carbonyl (C=O) groups excluding carboxylic acids is 2. The molecule has 6 rings (SSSR count). The number of urea groups is 1. The minimum absolute atomic E-state index is 0.124. The highest BCUT2D eigenvalue weighted by atomic mass is 79.9. The van der Waals surface area contributed by atoms with Crippen molar-refractivity contribution in [1.82, 2.24) is 29.7 Å². The predicted octanol–water partition coefficient (Wildman–Crippen LogP) is 5.45. The van der Waals surface area contributed by atoms with Crippen LogP contribution in [0.15, 0.2) is 62.5 Å². The first-order valence-corrected chi connectivity index (χ1v) is 17.2. The highest BCUT2D eigenvalue weighted by Crippen LogP contribution is 2.32. The zero-order valence-electron chi connectivity index (χ0n) is 24.7. The SMILES string of the molecule is Nc1c(Br)cc(C[C@@H](NC(=O)N2CCC(n3c(=O)[nH]c4cc(Cl)c(Cl)cc43)CC2)C(=O)N2CCN(c3ccncc3)CC2)cc1Br. The Labute approximate surface area is 292 Å². The first kappa shape index (κ1) is 32.7. The van der Waals surface area contributed by atoms with Crippen molar-refractivity contribution >= 4 is 89.4 Å². The molecule has 2 aromatic carbocycles. The van der Waals surface area contributed by atoms with Crippen LogP contribution in [-0.2, 0) is 11.2 Å². The van der Waals surface area contributed by atoms with Crippen LogP contribution >= 0.6 is 55.1 Å². The zero-order chi connectivity index (χ0) is 32.5. The molecular formula is C31H32Br2Cl2N8O3. The summed E-state index contributed by atoms with van der Waals surface area (Å²) in [5, 5.41) is 3.78. The third kappa shape index (κ3) is 6.87. The Hall–Kier alpha value is -3.26. The molecule has 4 heterocycles. The lowest BCUT2D eigenvalue weighted by Gasteiger charge is -2.38. The quantitative estimate of drug-likeness (QED) is 0.223. The monoisotopic (exact) mass is 792 g/mol. The molecule has 2 fully saturated rings. The van der Waals surface area contributed by atoms with E-state index in [0.717, 1.165) is 11.3 Å². The lowest BCUT2D eigenvalue weighted by molar-refractivity contribution is -0.133. The number of anilines is 2. The van der Waals surface area contributed by atoms with E-state index in [0.29, 0.717) is 87.8 Å². The summed E-state index contributed by atoms with van der Waals surface area (Å²) in [6, 6.07) is 9.77. The molecule has 4 aromatic rings. The number of aromatic amines is 1. The Morgan fingerprint density at radius 3 is 2.24 bits per heavy atom. The minimum atomic E-state index is -0.789. The molecule has 1 atom stereocenters. The molecule has 0 spiro atoms. The van der Waals surface area contributed by atoms with Crippen LogP contribution in [0.1, 0.15) is 24.4 Å². The molecule has 2 aliphatic heterocycles. The van der Waals surface area contributed by atoms with Gasteiger partial charge in [0.2, 0.25) is 5.91 Å². The van der Waals surface area contributed by atoms with Gasteiger partial charge in [-0.05, 0) is 86.7 Å². The molecule has 242 valence electrons. The molecule has 2 saturated heterocycles. The molecule has 3 amide bonds. The number of amides is 3. The lowest BCUT2D eigenvalue weighted by atomic mass is 10.0. The van der Waals surface area contributed by atoms with Crippen LogP contribution in [0.4, 0.5) is 16.2 Å². The number of hydrogen-bond donors (Lipinski definition) is 3. The van der Waals surface area contributed by atoms with Crippen LogP contribution in [0.2, 0.25) is 10.0 Å². The second-order valence-electron chi connectivity index (χ2n) is 11.5. The summed E-state index contributed by atoms with van der Waals surface area (Å²) < 4.78 is 3.11. The van der Waals surface area contributed by atoms with E-state index in [1.807, 2.05) is 29.2 Å². The fraction of sp³-hybridized carbons (Fsp3) is 0.355. The van der Waals surface area contributed by atoms with Crippen molar-refractivity contribution < 1.29 is 9.59 Å². The first-order valence-electron chi connectivity index (χ1n) is 14.9. The second kappa shape index (κ2) is 13.8. The van der Waals surface area contributed by atoms with Crippen LogP contribution in [0, 0.1) is 0 Å². The van der Waals surface area contributed by atoms with Crippen LogP contribution in [-0.4, -0.2) is 81.6 Å². The number of hydrogen-bond acceptors (Lipinski definition) is 6. The number of aromatic nitrogens is 3. The third-order valence-electron chi connectivity index (χ3n) is 8.67. The minimum Gasteiger partial charge on any atom is -0.397 e. The fourth-order valence-corrected chi connectivity index (χ4v) is 7.80. The van der Waals surface area contributed by atoms with Crippen molar-refractivity contribution in [3.63, 3.8) is 0 Å². The topological polar surface area (TPSA) is 133 Å². The summed E-state index contributed by atoms with van der Waals surface area (Å²) >= 11 is 19.4. The van der Waals surface area contributed by atoms with E-state index in [-0.39, 0.29) is 30.1 Å². The number of nitrogens with zero attached hydrogens (tertiary/aromatic N) is 5. The molecule has 46 heavy (non-hydrogen) atoms. The van der Waals surface area contributed by atoms with E-state index in [2.05, 4.69) is 52.0 Å². The molecule has 0 aliphatic carbocycles. The van der Waals surface area contributed by atoms with Gasteiger partial charge in [0, 0.05) is 78.8 Å². The predicted molar refractivity (Wildman–Crippen MR) is 188 cm³/mol. The molecule has 15 heteroatoms. The van der Waals surface area contributed by atoms with E-state index in [1.54, 1.807) is 34.0 Å². The van der Waals surface area contributed by atoms with Crippen LogP contribution in [0.25, 0.3) is 11.0 Å². The molecule has 0 unspecified atom stereocenters. The summed E-state index contributed by atoms with van der Waals surface area (Å²) in [4.78, 5) is 53.2. The number of rotatable bonds is 6. The molecule has 2 aromatic heterocycles. The van der Waals surface area contributed by atoms with Gasteiger partial charge < -0.3 is 30.7 Å².